The first kappa shape index (κ1) is 23.1. The normalized spacial score (nSPS) is 22.5. The smallest absolute Gasteiger partial charge is 0.325 e. The van der Waals surface area contributed by atoms with Crippen LogP contribution in [-0.4, -0.2) is 24.8 Å². The Hall–Kier alpha value is -3.71. The van der Waals surface area contributed by atoms with Crippen molar-refractivity contribution in [3.63, 3.8) is 0 Å². The van der Waals surface area contributed by atoms with Gasteiger partial charge >= 0.3 is 6.03 Å². The van der Waals surface area contributed by atoms with E-state index in [0.717, 1.165) is 11.1 Å². The zero-order chi connectivity index (χ0) is 24.9. The Bertz CT molecular complexity index is 1340. The van der Waals surface area contributed by atoms with Gasteiger partial charge in [-0.3, -0.25) is 9.69 Å². The van der Waals surface area contributed by atoms with Crippen LogP contribution in [0.25, 0.3) is 0 Å². The van der Waals surface area contributed by atoms with Crippen LogP contribution in [0.2, 0.25) is 5.02 Å². The van der Waals surface area contributed by atoms with E-state index in [2.05, 4.69) is 10.6 Å². The molecule has 2 aliphatic heterocycles. The lowest BCUT2D eigenvalue weighted by atomic mass is 9.78. The Morgan fingerprint density at radius 2 is 1.91 bits per heavy atom. The van der Waals surface area contributed by atoms with Gasteiger partial charge in [0.05, 0.1) is 23.9 Å². The second kappa shape index (κ2) is 8.50. The molecule has 180 valence electrons. The van der Waals surface area contributed by atoms with Crippen LogP contribution in [0.4, 0.5) is 16.2 Å². The van der Waals surface area contributed by atoms with E-state index in [1.807, 2.05) is 44.2 Å². The van der Waals surface area contributed by atoms with Crippen molar-refractivity contribution in [3.8, 4) is 11.5 Å². The second-order valence-corrected chi connectivity index (χ2v) is 9.44. The van der Waals surface area contributed by atoms with Crippen molar-refractivity contribution in [1.82, 2.24) is 5.32 Å². The van der Waals surface area contributed by atoms with E-state index in [1.54, 1.807) is 44.4 Å². The van der Waals surface area contributed by atoms with E-state index in [4.69, 9.17) is 21.1 Å². The number of rotatable bonds is 4. The molecule has 0 radical (unpaired) electrons. The molecule has 8 heteroatoms. The van der Waals surface area contributed by atoms with E-state index >= 15 is 0 Å². The number of nitrogens with one attached hydrogen (secondary N) is 2. The topological polar surface area (TPSA) is 79.9 Å². The molecule has 7 nitrogen and oxygen atoms in total. The van der Waals surface area contributed by atoms with Crippen molar-refractivity contribution in [2.24, 2.45) is 5.92 Å². The zero-order valence-corrected chi connectivity index (χ0v) is 20.6. The standard InChI is InChI=1S/C27H26ClN3O4/c1-15-12-13-19(16(2)14-15)29-25(32)22-23-17-8-7-11-21(34-4)24(17)35-27(22,3)31(26(33)30-23)20-10-6-5-9-18(20)28/h5-14,22-23H,1-4H3,(H,29,32)(H,30,33)/t22-,23+,27+/m1/s1. The highest BCUT2D eigenvalue weighted by Crippen LogP contribution is 2.53. The van der Waals surface area contributed by atoms with Crippen LogP contribution < -0.4 is 25.0 Å². The lowest BCUT2D eigenvalue weighted by Gasteiger charge is -2.54. The van der Waals surface area contributed by atoms with Gasteiger partial charge in [0.1, 0.15) is 5.92 Å². The van der Waals surface area contributed by atoms with Crippen LogP contribution in [0.1, 0.15) is 29.7 Å². The number of amides is 3. The summed E-state index contributed by atoms with van der Waals surface area (Å²) in [6, 6.07) is 17.2. The molecule has 3 aromatic rings. The summed E-state index contributed by atoms with van der Waals surface area (Å²) < 4.78 is 12.1. The summed E-state index contributed by atoms with van der Waals surface area (Å²) >= 11 is 6.51. The maximum Gasteiger partial charge on any atom is 0.325 e. The lowest BCUT2D eigenvalue weighted by Crippen LogP contribution is -2.72. The van der Waals surface area contributed by atoms with Gasteiger partial charge in [-0.15, -0.1) is 0 Å². The fraction of sp³-hybridized carbons (Fsp3) is 0.259. The highest BCUT2D eigenvalue weighted by molar-refractivity contribution is 6.33. The third kappa shape index (κ3) is 3.67. The molecule has 2 N–H and O–H groups in total. The van der Waals surface area contributed by atoms with E-state index in [1.165, 1.54) is 4.90 Å². The van der Waals surface area contributed by atoms with Crippen molar-refractivity contribution in [2.75, 3.05) is 17.3 Å². The Morgan fingerprint density at radius 3 is 2.63 bits per heavy atom. The number of nitrogens with zero attached hydrogens (tertiary/aromatic N) is 1. The molecular formula is C27H26ClN3O4. The van der Waals surface area contributed by atoms with Crippen molar-refractivity contribution < 1.29 is 19.1 Å². The van der Waals surface area contributed by atoms with Crippen LogP contribution in [0, 0.1) is 19.8 Å². The average molecular weight is 492 g/mol. The molecule has 1 fully saturated rings. The molecule has 0 unspecified atom stereocenters. The van der Waals surface area contributed by atoms with Gasteiger partial charge in [-0.25, -0.2) is 4.79 Å². The monoisotopic (exact) mass is 491 g/mol. The minimum absolute atomic E-state index is 0.282. The summed E-state index contributed by atoms with van der Waals surface area (Å²) in [5.74, 6) is -0.0934. The molecule has 0 aromatic heterocycles. The van der Waals surface area contributed by atoms with Gasteiger partial charge in [0.25, 0.3) is 0 Å². The second-order valence-electron chi connectivity index (χ2n) is 9.03. The number of para-hydroxylation sites is 2. The van der Waals surface area contributed by atoms with Gasteiger partial charge in [-0.05, 0) is 50.6 Å². The lowest BCUT2D eigenvalue weighted by molar-refractivity contribution is -0.131. The summed E-state index contributed by atoms with van der Waals surface area (Å²) in [6.45, 7) is 5.69. The largest absolute Gasteiger partial charge is 0.493 e. The summed E-state index contributed by atoms with van der Waals surface area (Å²) in [4.78, 5) is 28.8. The van der Waals surface area contributed by atoms with Crippen LogP contribution in [0.15, 0.2) is 60.7 Å². The first-order chi connectivity index (χ1) is 16.7. The Kier molecular flexibility index (Phi) is 5.60. The first-order valence-electron chi connectivity index (χ1n) is 11.3. The zero-order valence-electron chi connectivity index (χ0n) is 19.9. The number of carbonyl (C=O) groups is 2. The van der Waals surface area contributed by atoms with E-state index in [9.17, 15) is 9.59 Å². The van der Waals surface area contributed by atoms with Crippen molar-refractivity contribution >= 4 is 34.9 Å². The van der Waals surface area contributed by atoms with Gasteiger partial charge < -0.3 is 20.1 Å². The summed E-state index contributed by atoms with van der Waals surface area (Å²) in [7, 11) is 1.56. The van der Waals surface area contributed by atoms with Crippen LogP contribution in [0.5, 0.6) is 11.5 Å². The average Bonchev–Trinajstić information content (AvgIpc) is 2.81. The number of halogens is 1. The van der Waals surface area contributed by atoms with Crippen LogP contribution in [0.3, 0.4) is 0 Å². The summed E-state index contributed by atoms with van der Waals surface area (Å²) in [5.41, 5.74) is 2.46. The Labute approximate surface area is 209 Å². The van der Waals surface area contributed by atoms with Gasteiger partial charge in [-0.1, -0.05) is 53.6 Å². The maximum atomic E-state index is 13.9. The van der Waals surface area contributed by atoms with Gasteiger partial charge in [-0.2, -0.15) is 0 Å². The molecule has 0 spiro atoms. The number of hydrogen-bond donors (Lipinski definition) is 2. The number of fused-ring (bicyclic) bond motifs is 4. The third-order valence-corrected chi connectivity index (χ3v) is 7.04. The predicted octanol–water partition coefficient (Wildman–Crippen LogP) is 5.60. The van der Waals surface area contributed by atoms with Crippen molar-refractivity contribution in [1.29, 1.82) is 0 Å². The Morgan fingerprint density at radius 1 is 1.14 bits per heavy atom. The number of aryl methyl sites for hydroxylation is 2. The fourth-order valence-electron chi connectivity index (χ4n) is 5.09. The molecular weight excluding hydrogens is 466 g/mol. The molecule has 3 aromatic carbocycles. The highest BCUT2D eigenvalue weighted by Gasteiger charge is 2.61. The van der Waals surface area contributed by atoms with Crippen molar-refractivity contribution in [2.45, 2.75) is 32.5 Å². The van der Waals surface area contributed by atoms with Gasteiger partial charge in [0.2, 0.25) is 11.6 Å². The molecule has 1 saturated heterocycles. The van der Waals surface area contributed by atoms with Crippen LogP contribution in [-0.2, 0) is 4.79 Å². The van der Waals surface area contributed by atoms with E-state index in [0.29, 0.717) is 33.5 Å². The molecule has 2 heterocycles. The fourth-order valence-corrected chi connectivity index (χ4v) is 5.31. The van der Waals surface area contributed by atoms with E-state index in [-0.39, 0.29) is 5.91 Å². The Balaban J connectivity index is 1.66. The molecule has 2 bridgehead atoms. The number of urea groups is 1. The maximum absolute atomic E-state index is 13.9. The molecule has 0 aliphatic carbocycles. The molecule has 3 atom stereocenters. The minimum atomic E-state index is -1.40. The number of methoxy groups -OCH3 is 1. The van der Waals surface area contributed by atoms with Crippen LogP contribution >= 0.6 is 11.6 Å². The minimum Gasteiger partial charge on any atom is -0.493 e. The van der Waals surface area contributed by atoms with Gasteiger partial charge in [0, 0.05) is 11.3 Å². The predicted molar refractivity (Wildman–Crippen MR) is 135 cm³/mol. The SMILES string of the molecule is COc1cccc2c1O[C@@]1(C)[C@@H](C(=O)Nc3ccc(C)cc3C)[C@H]2NC(=O)N1c1ccccc1Cl. The molecule has 2 aliphatic rings. The van der Waals surface area contributed by atoms with Gasteiger partial charge in [0.15, 0.2) is 11.5 Å². The number of anilines is 2. The molecule has 35 heavy (non-hydrogen) atoms. The number of carbonyl (C=O) groups excluding carboxylic acids is 2. The summed E-state index contributed by atoms with van der Waals surface area (Å²) in [6.07, 6.45) is 0. The number of ether oxygens (including phenoxy) is 2. The number of benzene rings is 3. The first-order valence-corrected chi connectivity index (χ1v) is 11.7. The van der Waals surface area contributed by atoms with E-state index < -0.39 is 23.7 Å². The van der Waals surface area contributed by atoms with Crippen molar-refractivity contribution in [3.05, 3.63) is 82.4 Å². The highest BCUT2D eigenvalue weighted by atomic mass is 35.5. The third-order valence-electron chi connectivity index (χ3n) is 6.73. The molecule has 0 saturated carbocycles. The quantitative estimate of drug-likeness (QED) is 0.498. The molecule has 3 amide bonds. The molecule has 5 rings (SSSR count). The number of hydrogen-bond acceptors (Lipinski definition) is 4. The summed E-state index contributed by atoms with van der Waals surface area (Å²) in [5, 5.41) is 6.46.